The maximum Gasteiger partial charge on any atom is 0.240 e. The van der Waals surface area contributed by atoms with Gasteiger partial charge < -0.3 is 0 Å². The van der Waals surface area contributed by atoms with Crippen LogP contribution in [0.3, 0.4) is 0 Å². The number of hydrazone groups is 1. The van der Waals surface area contributed by atoms with E-state index in [1.165, 1.54) is 56.1 Å². The number of benzene rings is 2. The lowest BCUT2D eigenvalue weighted by Gasteiger charge is -2.06. The Balaban J connectivity index is 1.65. The Hall–Kier alpha value is -2.42. The van der Waals surface area contributed by atoms with Crippen molar-refractivity contribution in [2.75, 3.05) is 0 Å². The molecule has 156 valence electrons. The number of nitrogens with zero attached hydrogens (tertiary/aromatic N) is 1. The number of hydrogen-bond acceptors (Lipinski definition) is 2. The number of carbonyl (C=O) groups is 1. The van der Waals surface area contributed by atoms with Crippen LogP contribution in [0, 0.1) is 0 Å². The minimum absolute atomic E-state index is 0.00759. The first-order valence-electron chi connectivity index (χ1n) is 11.2. The average molecular weight is 393 g/mol. The van der Waals surface area contributed by atoms with Crippen molar-refractivity contribution in [2.45, 2.75) is 78.1 Å². The second-order valence-corrected chi connectivity index (χ2v) is 7.75. The largest absolute Gasteiger partial charge is 0.273 e. The molecule has 2 rings (SSSR count). The molecule has 0 unspecified atom stereocenters. The van der Waals surface area contributed by atoms with Gasteiger partial charge in [-0.15, -0.1) is 0 Å². The Morgan fingerprint density at radius 2 is 1.31 bits per heavy atom. The number of carbonyl (C=O) groups excluding carboxylic acids is 1. The van der Waals surface area contributed by atoms with E-state index in [2.05, 4.69) is 41.7 Å². The third kappa shape index (κ3) is 9.08. The van der Waals surface area contributed by atoms with Gasteiger partial charge in [-0.25, -0.2) is 5.43 Å². The van der Waals surface area contributed by atoms with Gasteiger partial charge in [0.05, 0.1) is 5.71 Å². The van der Waals surface area contributed by atoms with Crippen molar-refractivity contribution in [2.24, 2.45) is 5.10 Å². The Morgan fingerprint density at radius 1 is 0.759 bits per heavy atom. The highest BCUT2D eigenvalue weighted by molar-refractivity contribution is 5.99. The number of hydrogen-bond donors (Lipinski definition) is 1. The minimum Gasteiger partial charge on any atom is -0.273 e. The van der Waals surface area contributed by atoms with Gasteiger partial charge in [0.2, 0.25) is 5.91 Å². The quantitative estimate of drug-likeness (QED) is 0.220. The summed E-state index contributed by atoms with van der Waals surface area (Å²) in [6.45, 7) is 4.18. The Morgan fingerprint density at radius 3 is 1.93 bits per heavy atom. The van der Waals surface area contributed by atoms with Gasteiger partial charge in [0.15, 0.2) is 0 Å². The van der Waals surface area contributed by atoms with Crippen LogP contribution in [0.15, 0.2) is 59.7 Å². The normalized spacial score (nSPS) is 11.4. The van der Waals surface area contributed by atoms with Crippen molar-refractivity contribution in [3.05, 3.63) is 60.2 Å². The number of rotatable bonds is 13. The topological polar surface area (TPSA) is 41.5 Å². The van der Waals surface area contributed by atoms with Crippen molar-refractivity contribution in [1.82, 2.24) is 5.43 Å². The van der Waals surface area contributed by atoms with E-state index in [-0.39, 0.29) is 5.91 Å². The Labute approximate surface area is 176 Å². The molecule has 2 aromatic carbocycles. The molecule has 0 spiro atoms. The van der Waals surface area contributed by atoms with Crippen LogP contribution < -0.4 is 5.43 Å². The average Bonchev–Trinajstić information content (AvgIpc) is 2.77. The van der Waals surface area contributed by atoms with Gasteiger partial charge in [0.25, 0.3) is 0 Å². The van der Waals surface area contributed by atoms with E-state index in [9.17, 15) is 4.79 Å². The molecule has 0 saturated carbocycles. The highest BCUT2D eigenvalue weighted by Crippen LogP contribution is 2.19. The highest BCUT2D eigenvalue weighted by Gasteiger charge is 2.03. The lowest BCUT2D eigenvalue weighted by atomic mass is 10.0. The minimum atomic E-state index is 0.00759. The van der Waals surface area contributed by atoms with E-state index in [1.807, 2.05) is 37.3 Å². The molecule has 0 fully saturated rings. The fourth-order valence-corrected chi connectivity index (χ4v) is 3.40. The van der Waals surface area contributed by atoms with Gasteiger partial charge in [0, 0.05) is 6.42 Å². The molecule has 1 N–H and O–H groups in total. The third-order valence-corrected chi connectivity index (χ3v) is 5.27. The van der Waals surface area contributed by atoms with E-state index in [0.717, 1.165) is 24.1 Å². The molecule has 0 aliphatic rings. The number of nitrogens with one attached hydrogen (secondary N) is 1. The smallest absolute Gasteiger partial charge is 0.240 e. The van der Waals surface area contributed by atoms with E-state index < -0.39 is 0 Å². The van der Waals surface area contributed by atoms with E-state index in [4.69, 9.17) is 0 Å². The van der Waals surface area contributed by atoms with Gasteiger partial charge in [-0.2, -0.15) is 5.10 Å². The van der Waals surface area contributed by atoms with Crippen molar-refractivity contribution in [1.29, 1.82) is 0 Å². The zero-order valence-corrected chi connectivity index (χ0v) is 18.1. The zero-order chi connectivity index (χ0) is 20.7. The Bertz CT molecular complexity index is 735. The first-order chi connectivity index (χ1) is 14.2. The second kappa shape index (κ2) is 13.7. The second-order valence-electron chi connectivity index (χ2n) is 7.75. The van der Waals surface area contributed by atoms with Crippen LogP contribution in [-0.2, 0) is 4.79 Å². The molecule has 0 saturated heterocycles. The van der Waals surface area contributed by atoms with Crippen LogP contribution in [0.4, 0.5) is 0 Å². The van der Waals surface area contributed by atoms with Crippen molar-refractivity contribution < 1.29 is 4.79 Å². The third-order valence-electron chi connectivity index (χ3n) is 5.27. The molecule has 0 aromatic heterocycles. The van der Waals surface area contributed by atoms with E-state index >= 15 is 0 Å². The van der Waals surface area contributed by atoms with E-state index in [0.29, 0.717) is 6.42 Å². The van der Waals surface area contributed by atoms with Gasteiger partial charge >= 0.3 is 0 Å². The van der Waals surface area contributed by atoms with Crippen molar-refractivity contribution in [3.63, 3.8) is 0 Å². The predicted octanol–water partition coefficient (Wildman–Crippen LogP) is 7.11. The number of unbranched alkanes of at least 4 members (excludes halogenated alkanes) is 8. The summed E-state index contributed by atoms with van der Waals surface area (Å²) in [4.78, 5) is 12.0. The van der Waals surface area contributed by atoms with E-state index in [1.54, 1.807) is 0 Å². The summed E-state index contributed by atoms with van der Waals surface area (Å²) < 4.78 is 0. The fraction of sp³-hybridized carbons (Fsp3) is 0.462. The zero-order valence-electron chi connectivity index (χ0n) is 18.1. The molecule has 0 aliphatic heterocycles. The fourth-order valence-electron chi connectivity index (χ4n) is 3.40. The van der Waals surface area contributed by atoms with Crippen LogP contribution in [0.1, 0.15) is 83.6 Å². The summed E-state index contributed by atoms with van der Waals surface area (Å²) in [6, 6.07) is 18.6. The first-order valence-corrected chi connectivity index (χ1v) is 11.2. The summed E-state index contributed by atoms with van der Waals surface area (Å²) >= 11 is 0. The molecule has 3 heteroatoms. The van der Waals surface area contributed by atoms with Crippen LogP contribution >= 0.6 is 0 Å². The highest BCUT2D eigenvalue weighted by atomic mass is 16.2. The molecular formula is C26H36N2O. The SMILES string of the molecule is CCCCCCCCCCCC(=O)N/N=C(\C)c1ccc(-c2ccccc2)cc1. The lowest BCUT2D eigenvalue weighted by molar-refractivity contribution is -0.121. The molecule has 1 amide bonds. The molecule has 0 radical (unpaired) electrons. The predicted molar refractivity (Wildman–Crippen MR) is 124 cm³/mol. The van der Waals surface area contributed by atoms with Gasteiger partial charge in [-0.1, -0.05) is 113 Å². The van der Waals surface area contributed by atoms with Gasteiger partial charge in [0.1, 0.15) is 0 Å². The summed E-state index contributed by atoms with van der Waals surface area (Å²) in [5.41, 5.74) is 6.92. The van der Waals surface area contributed by atoms with Crippen LogP contribution in [0.2, 0.25) is 0 Å². The van der Waals surface area contributed by atoms with Gasteiger partial charge in [-0.05, 0) is 30.0 Å². The monoisotopic (exact) mass is 392 g/mol. The molecule has 2 aromatic rings. The van der Waals surface area contributed by atoms with Crippen molar-refractivity contribution in [3.8, 4) is 11.1 Å². The Kier molecular flexibility index (Phi) is 10.8. The lowest BCUT2D eigenvalue weighted by Crippen LogP contribution is -2.18. The molecular weight excluding hydrogens is 356 g/mol. The van der Waals surface area contributed by atoms with Crippen LogP contribution in [0.25, 0.3) is 11.1 Å². The molecule has 0 bridgehead atoms. The van der Waals surface area contributed by atoms with Gasteiger partial charge in [-0.3, -0.25) is 4.79 Å². The van der Waals surface area contributed by atoms with Crippen LogP contribution in [0.5, 0.6) is 0 Å². The summed E-state index contributed by atoms with van der Waals surface area (Å²) in [7, 11) is 0. The summed E-state index contributed by atoms with van der Waals surface area (Å²) in [5.74, 6) is 0.00759. The molecule has 3 nitrogen and oxygen atoms in total. The maximum absolute atomic E-state index is 12.0. The molecule has 0 aliphatic carbocycles. The molecule has 0 heterocycles. The summed E-state index contributed by atoms with van der Waals surface area (Å²) in [6.07, 6.45) is 11.9. The van der Waals surface area contributed by atoms with Crippen molar-refractivity contribution >= 4 is 11.6 Å². The molecule has 29 heavy (non-hydrogen) atoms. The maximum atomic E-state index is 12.0. The standard InChI is InChI=1S/C26H36N2O/c1-3-4-5-6-7-8-9-10-14-17-26(29)28-27-22(2)23-18-20-25(21-19-23)24-15-12-11-13-16-24/h11-13,15-16,18-21H,3-10,14,17H2,1-2H3,(H,28,29)/b27-22+. The molecule has 0 atom stereocenters. The van der Waals surface area contributed by atoms with Crippen LogP contribution in [-0.4, -0.2) is 11.6 Å². The number of amides is 1. The first kappa shape index (κ1) is 22.9. The summed E-state index contributed by atoms with van der Waals surface area (Å²) in [5, 5.41) is 4.27.